The predicted molar refractivity (Wildman–Crippen MR) is 59.1 cm³/mol. The standard InChI is InChI=1S/C10H20N4O/c1-4-9(15-3)8(13-11)7-10-12-5-6-14(10)2/h5-6,8-9,13H,4,7,11H2,1-3H3. The SMILES string of the molecule is CCC(OC)C(Cc1nccn1C)NN. The monoisotopic (exact) mass is 212 g/mol. The summed E-state index contributed by atoms with van der Waals surface area (Å²) in [7, 11) is 3.68. The zero-order chi connectivity index (χ0) is 11.3. The number of hydrazine groups is 1. The molecule has 2 unspecified atom stereocenters. The van der Waals surface area contributed by atoms with Crippen molar-refractivity contribution in [3.05, 3.63) is 18.2 Å². The summed E-state index contributed by atoms with van der Waals surface area (Å²) in [6.45, 7) is 2.08. The molecule has 0 bridgehead atoms. The van der Waals surface area contributed by atoms with E-state index in [1.807, 2.05) is 17.8 Å². The number of aromatic nitrogens is 2. The zero-order valence-electron chi connectivity index (χ0n) is 9.60. The Morgan fingerprint density at radius 3 is 2.80 bits per heavy atom. The second kappa shape index (κ2) is 5.85. The first-order valence-corrected chi connectivity index (χ1v) is 5.18. The smallest absolute Gasteiger partial charge is 0.110 e. The van der Waals surface area contributed by atoms with Crippen molar-refractivity contribution in [1.82, 2.24) is 15.0 Å². The second-order valence-corrected chi connectivity index (χ2v) is 3.61. The zero-order valence-corrected chi connectivity index (χ0v) is 9.60. The van der Waals surface area contributed by atoms with Gasteiger partial charge in [0.25, 0.3) is 0 Å². The first-order chi connectivity index (χ1) is 7.22. The molecule has 0 amide bonds. The van der Waals surface area contributed by atoms with Gasteiger partial charge in [-0.25, -0.2) is 4.98 Å². The summed E-state index contributed by atoms with van der Waals surface area (Å²) < 4.78 is 7.35. The van der Waals surface area contributed by atoms with E-state index in [4.69, 9.17) is 10.6 Å². The van der Waals surface area contributed by atoms with Crippen molar-refractivity contribution in [3.63, 3.8) is 0 Å². The minimum absolute atomic E-state index is 0.0982. The fourth-order valence-electron chi connectivity index (χ4n) is 1.70. The van der Waals surface area contributed by atoms with Gasteiger partial charge in [0.05, 0.1) is 12.1 Å². The van der Waals surface area contributed by atoms with Crippen molar-refractivity contribution in [2.45, 2.75) is 31.9 Å². The first kappa shape index (κ1) is 12.2. The van der Waals surface area contributed by atoms with Crippen LogP contribution in [0, 0.1) is 0 Å². The fourth-order valence-corrected chi connectivity index (χ4v) is 1.70. The lowest BCUT2D eigenvalue weighted by atomic mass is 10.1. The van der Waals surface area contributed by atoms with Gasteiger partial charge in [0.2, 0.25) is 0 Å². The number of rotatable bonds is 6. The van der Waals surface area contributed by atoms with Crippen molar-refractivity contribution >= 4 is 0 Å². The quantitative estimate of drug-likeness (QED) is 0.523. The van der Waals surface area contributed by atoms with Crippen LogP contribution < -0.4 is 11.3 Å². The minimum Gasteiger partial charge on any atom is -0.380 e. The van der Waals surface area contributed by atoms with Crippen molar-refractivity contribution in [3.8, 4) is 0 Å². The maximum Gasteiger partial charge on any atom is 0.110 e. The molecule has 0 aliphatic heterocycles. The molecule has 5 nitrogen and oxygen atoms in total. The molecule has 0 aliphatic rings. The Hall–Kier alpha value is -0.910. The maximum atomic E-state index is 5.52. The van der Waals surface area contributed by atoms with E-state index >= 15 is 0 Å². The van der Waals surface area contributed by atoms with Gasteiger partial charge in [-0.1, -0.05) is 6.92 Å². The van der Waals surface area contributed by atoms with Crippen molar-refractivity contribution in [2.24, 2.45) is 12.9 Å². The Morgan fingerprint density at radius 1 is 1.67 bits per heavy atom. The van der Waals surface area contributed by atoms with Crippen LogP contribution in [0.1, 0.15) is 19.2 Å². The molecule has 0 spiro atoms. The van der Waals surface area contributed by atoms with Crippen molar-refractivity contribution < 1.29 is 4.74 Å². The summed E-state index contributed by atoms with van der Waals surface area (Å²) in [5.41, 5.74) is 2.79. The number of imidazole rings is 1. The molecule has 1 aromatic rings. The number of ether oxygens (including phenoxy) is 1. The Labute approximate surface area is 90.6 Å². The topological polar surface area (TPSA) is 65.1 Å². The Kier molecular flexibility index (Phi) is 4.74. The van der Waals surface area contributed by atoms with Gasteiger partial charge < -0.3 is 9.30 Å². The van der Waals surface area contributed by atoms with Gasteiger partial charge in [-0.3, -0.25) is 11.3 Å². The van der Waals surface area contributed by atoms with Gasteiger partial charge in [0, 0.05) is 33.0 Å². The average molecular weight is 212 g/mol. The number of hydrogen-bond acceptors (Lipinski definition) is 4. The number of nitrogens with one attached hydrogen (secondary N) is 1. The van der Waals surface area contributed by atoms with E-state index in [0.717, 1.165) is 18.7 Å². The summed E-state index contributed by atoms with van der Waals surface area (Å²) >= 11 is 0. The van der Waals surface area contributed by atoms with E-state index in [1.165, 1.54) is 0 Å². The molecule has 1 heterocycles. The third-order valence-electron chi connectivity index (χ3n) is 2.69. The molecule has 15 heavy (non-hydrogen) atoms. The van der Waals surface area contributed by atoms with Crippen LogP contribution in [0.5, 0.6) is 0 Å². The Morgan fingerprint density at radius 2 is 2.40 bits per heavy atom. The molecule has 1 rings (SSSR count). The lowest BCUT2D eigenvalue weighted by Crippen LogP contribution is -2.46. The van der Waals surface area contributed by atoms with Gasteiger partial charge in [0.1, 0.15) is 5.82 Å². The molecule has 0 radical (unpaired) electrons. The number of aryl methyl sites for hydroxylation is 1. The number of hydrogen-bond donors (Lipinski definition) is 2. The van der Waals surface area contributed by atoms with Crippen LogP contribution in [0.15, 0.2) is 12.4 Å². The highest BCUT2D eigenvalue weighted by Gasteiger charge is 2.20. The molecule has 1 aromatic heterocycles. The third-order valence-corrected chi connectivity index (χ3v) is 2.69. The molecular weight excluding hydrogens is 192 g/mol. The van der Waals surface area contributed by atoms with E-state index < -0.39 is 0 Å². The van der Waals surface area contributed by atoms with Gasteiger partial charge in [-0.2, -0.15) is 0 Å². The molecule has 0 saturated heterocycles. The van der Waals surface area contributed by atoms with E-state index in [1.54, 1.807) is 13.3 Å². The number of nitrogens with two attached hydrogens (primary N) is 1. The van der Waals surface area contributed by atoms with E-state index in [0.29, 0.717) is 0 Å². The predicted octanol–water partition coefficient (Wildman–Crippen LogP) is 0.220. The Bertz CT molecular complexity index is 283. The van der Waals surface area contributed by atoms with Gasteiger partial charge in [-0.15, -0.1) is 0 Å². The van der Waals surface area contributed by atoms with Crippen LogP contribution in [0.25, 0.3) is 0 Å². The number of methoxy groups -OCH3 is 1. The fraction of sp³-hybridized carbons (Fsp3) is 0.700. The summed E-state index contributed by atoms with van der Waals surface area (Å²) in [5, 5.41) is 0. The summed E-state index contributed by atoms with van der Waals surface area (Å²) in [5.74, 6) is 6.53. The Balaban J connectivity index is 2.64. The van der Waals surface area contributed by atoms with Crippen molar-refractivity contribution in [1.29, 1.82) is 0 Å². The van der Waals surface area contributed by atoms with Crippen LogP contribution in [-0.4, -0.2) is 28.8 Å². The van der Waals surface area contributed by atoms with Crippen LogP contribution in [0.2, 0.25) is 0 Å². The number of nitrogens with zero attached hydrogens (tertiary/aromatic N) is 2. The second-order valence-electron chi connectivity index (χ2n) is 3.61. The van der Waals surface area contributed by atoms with E-state index in [9.17, 15) is 0 Å². The van der Waals surface area contributed by atoms with Gasteiger partial charge in [0.15, 0.2) is 0 Å². The molecule has 5 heteroatoms. The highest BCUT2D eigenvalue weighted by atomic mass is 16.5. The minimum atomic E-state index is 0.0982. The summed E-state index contributed by atoms with van der Waals surface area (Å²) in [6.07, 6.45) is 5.53. The third kappa shape index (κ3) is 3.02. The normalized spacial score (nSPS) is 15.2. The lowest BCUT2D eigenvalue weighted by molar-refractivity contribution is 0.0645. The summed E-state index contributed by atoms with van der Waals surface area (Å²) in [6, 6.07) is 0.0982. The highest BCUT2D eigenvalue weighted by molar-refractivity contribution is 4.95. The molecule has 0 aromatic carbocycles. The van der Waals surface area contributed by atoms with Crippen LogP contribution in [0.4, 0.5) is 0 Å². The van der Waals surface area contributed by atoms with Crippen LogP contribution in [0.3, 0.4) is 0 Å². The van der Waals surface area contributed by atoms with Crippen LogP contribution >= 0.6 is 0 Å². The molecule has 0 aliphatic carbocycles. The summed E-state index contributed by atoms with van der Waals surface area (Å²) in [4.78, 5) is 4.27. The lowest BCUT2D eigenvalue weighted by Gasteiger charge is -2.23. The van der Waals surface area contributed by atoms with E-state index in [2.05, 4.69) is 17.3 Å². The molecular formula is C10H20N4O. The molecule has 3 N–H and O–H groups in total. The molecule has 2 atom stereocenters. The largest absolute Gasteiger partial charge is 0.380 e. The average Bonchev–Trinajstić information content (AvgIpc) is 2.64. The van der Waals surface area contributed by atoms with Gasteiger partial charge >= 0.3 is 0 Å². The molecule has 86 valence electrons. The van der Waals surface area contributed by atoms with Crippen LogP contribution in [-0.2, 0) is 18.2 Å². The van der Waals surface area contributed by atoms with Crippen molar-refractivity contribution in [2.75, 3.05) is 7.11 Å². The molecule has 0 fully saturated rings. The first-order valence-electron chi connectivity index (χ1n) is 5.18. The molecule has 0 saturated carbocycles. The van der Waals surface area contributed by atoms with E-state index in [-0.39, 0.29) is 12.1 Å². The maximum absolute atomic E-state index is 5.52. The highest BCUT2D eigenvalue weighted by Crippen LogP contribution is 2.08. The van der Waals surface area contributed by atoms with Gasteiger partial charge in [-0.05, 0) is 6.42 Å².